The third-order valence-electron chi connectivity index (χ3n) is 1.86. The summed E-state index contributed by atoms with van der Waals surface area (Å²) in [6, 6.07) is -0.962. The molecule has 0 fully saturated rings. The standard InChI is InChI=1S/C7H12ClN3O4S/c1-11-7(6(8)2-9-11)16(14,15)10-5(3-12)4-13/h2,5,10,12-13H,3-4H2,1H3. The van der Waals surface area contributed by atoms with Crippen LogP contribution >= 0.6 is 11.6 Å². The van der Waals surface area contributed by atoms with Crippen LogP contribution in [0.2, 0.25) is 5.02 Å². The van der Waals surface area contributed by atoms with Crippen LogP contribution in [0.25, 0.3) is 0 Å². The molecule has 9 heteroatoms. The summed E-state index contributed by atoms with van der Waals surface area (Å²) in [6.07, 6.45) is 1.20. The number of hydrogen-bond acceptors (Lipinski definition) is 5. The highest BCUT2D eigenvalue weighted by atomic mass is 35.5. The second-order valence-electron chi connectivity index (χ2n) is 3.10. The highest BCUT2D eigenvalue weighted by molar-refractivity contribution is 7.89. The SMILES string of the molecule is Cn1ncc(Cl)c1S(=O)(=O)NC(CO)CO. The fourth-order valence-electron chi connectivity index (χ4n) is 1.11. The maximum atomic E-state index is 11.8. The zero-order valence-corrected chi connectivity index (χ0v) is 10.0. The molecule has 0 aliphatic heterocycles. The number of rotatable bonds is 5. The molecular formula is C7H12ClN3O4S. The van der Waals surface area contributed by atoms with E-state index >= 15 is 0 Å². The molecule has 0 amide bonds. The predicted octanol–water partition coefficient (Wildman–Crippen LogP) is -1.30. The summed E-state index contributed by atoms with van der Waals surface area (Å²) < 4.78 is 26.8. The van der Waals surface area contributed by atoms with Gasteiger partial charge < -0.3 is 10.2 Å². The van der Waals surface area contributed by atoms with Crippen molar-refractivity contribution in [2.75, 3.05) is 13.2 Å². The summed E-state index contributed by atoms with van der Waals surface area (Å²) in [4.78, 5) is 0. The van der Waals surface area contributed by atoms with Gasteiger partial charge in [-0.3, -0.25) is 4.68 Å². The van der Waals surface area contributed by atoms with E-state index in [0.29, 0.717) is 0 Å². The number of hydrogen-bond donors (Lipinski definition) is 3. The molecule has 0 saturated carbocycles. The number of halogens is 1. The van der Waals surface area contributed by atoms with Crippen molar-refractivity contribution < 1.29 is 18.6 Å². The van der Waals surface area contributed by atoms with E-state index in [1.807, 2.05) is 0 Å². The summed E-state index contributed by atoms with van der Waals surface area (Å²) in [5.74, 6) is 0. The number of aliphatic hydroxyl groups is 2. The first kappa shape index (κ1) is 13.4. The Labute approximate surface area is 97.7 Å². The normalized spacial score (nSPS) is 12.3. The molecule has 92 valence electrons. The van der Waals surface area contributed by atoms with Crippen molar-refractivity contribution in [3.05, 3.63) is 11.2 Å². The van der Waals surface area contributed by atoms with Crippen LogP contribution in [0.4, 0.5) is 0 Å². The van der Waals surface area contributed by atoms with E-state index < -0.39 is 29.3 Å². The van der Waals surface area contributed by atoms with Crippen LogP contribution in [0, 0.1) is 0 Å². The Balaban J connectivity index is 3.03. The summed E-state index contributed by atoms with van der Waals surface area (Å²) in [5, 5.41) is 21.0. The van der Waals surface area contributed by atoms with Crippen molar-refractivity contribution in [2.45, 2.75) is 11.1 Å². The average molecular weight is 270 g/mol. The number of nitrogens with one attached hydrogen (secondary N) is 1. The van der Waals surface area contributed by atoms with Crippen molar-refractivity contribution in [2.24, 2.45) is 7.05 Å². The van der Waals surface area contributed by atoms with E-state index in [-0.39, 0.29) is 10.0 Å². The molecule has 0 spiro atoms. The fraction of sp³-hybridized carbons (Fsp3) is 0.571. The lowest BCUT2D eigenvalue weighted by atomic mass is 10.4. The van der Waals surface area contributed by atoms with E-state index in [1.54, 1.807) is 0 Å². The highest BCUT2D eigenvalue weighted by Crippen LogP contribution is 2.19. The van der Waals surface area contributed by atoms with Crippen molar-refractivity contribution in [1.82, 2.24) is 14.5 Å². The predicted molar refractivity (Wildman–Crippen MR) is 56.5 cm³/mol. The summed E-state index contributed by atoms with van der Waals surface area (Å²) in [7, 11) is -2.48. The first-order valence-electron chi connectivity index (χ1n) is 4.34. The van der Waals surface area contributed by atoms with Crippen LogP contribution in [-0.2, 0) is 17.1 Å². The van der Waals surface area contributed by atoms with Gasteiger partial charge in [0.25, 0.3) is 10.0 Å². The molecule has 0 atom stereocenters. The summed E-state index contributed by atoms with van der Waals surface area (Å²) >= 11 is 5.67. The van der Waals surface area contributed by atoms with Gasteiger partial charge >= 0.3 is 0 Å². The van der Waals surface area contributed by atoms with Gasteiger partial charge in [0.05, 0.1) is 30.5 Å². The maximum Gasteiger partial charge on any atom is 0.259 e. The fourth-order valence-corrected chi connectivity index (χ4v) is 2.98. The first-order valence-corrected chi connectivity index (χ1v) is 6.20. The van der Waals surface area contributed by atoms with Gasteiger partial charge in [-0.2, -0.15) is 5.10 Å². The third-order valence-corrected chi connectivity index (χ3v) is 3.89. The lowest BCUT2D eigenvalue weighted by Gasteiger charge is -2.13. The van der Waals surface area contributed by atoms with E-state index in [4.69, 9.17) is 21.8 Å². The van der Waals surface area contributed by atoms with Crippen molar-refractivity contribution in [3.63, 3.8) is 0 Å². The van der Waals surface area contributed by atoms with Gasteiger partial charge in [-0.15, -0.1) is 0 Å². The number of aryl methyl sites for hydroxylation is 1. The molecule has 0 radical (unpaired) electrons. The van der Waals surface area contributed by atoms with E-state index in [2.05, 4.69) is 9.82 Å². The minimum atomic E-state index is -3.90. The van der Waals surface area contributed by atoms with E-state index in [1.165, 1.54) is 13.2 Å². The number of sulfonamides is 1. The molecule has 16 heavy (non-hydrogen) atoms. The Kier molecular flexibility index (Phi) is 4.28. The second-order valence-corrected chi connectivity index (χ2v) is 5.14. The molecule has 0 aliphatic rings. The Hall–Kier alpha value is -0.670. The van der Waals surface area contributed by atoms with Crippen LogP contribution < -0.4 is 4.72 Å². The zero-order valence-electron chi connectivity index (χ0n) is 8.46. The molecular weight excluding hydrogens is 258 g/mol. The third kappa shape index (κ3) is 2.71. The lowest BCUT2D eigenvalue weighted by molar-refractivity contribution is 0.185. The number of aliphatic hydroxyl groups excluding tert-OH is 2. The summed E-state index contributed by atoms with van der Waals surface area (Å²) in [5.41, 5.74) is 0. The molecule has 0 aliphatic carbocycles. The molecule has 1 aromatic rings. The van der Waals surface area contributed by atoms with Crippen molar-refractivity contribution in [3.8, 4) is 0 Å². The van der Waals surface area contributed by atoms with Crippen LogP contribution in [0.5, 0.6) is 0 Å². The molecule has 0 saturated heterocycles. The van der Waals surface area contributed by atoms with Gasteiger partial charge in [0, 0.05) is 7.05 Å². The molecule has 1 rings (SSSR count). The lowest BCUT2D eigenvalue weighted by Crippen LogP contribution is -2.40. The molecule has 0 bridgehead atoms. The highest BCUT2D eigenvalue weighted by Gasteiger charge is 2.25. The van der Waals surface area contributed by atoms with Gasteiger partial charge in [-0.25, -0.2) is 13.1 Å². The maximum absolute atomic E-state index is 11.8. The second kappa shape index (κ2) is 5.11. The van der Waals surface area contributed by atoms with Gasteiger partial charge in [0.1, 0.15) is 0 Å². The quantitative estimate of drug-likeness (QED) is 0.617. The zero-order chi connectivity index (χ0) is 12.3. The molecule has 0 unspecified atom stereocenters. The molecule has 0 aromatic carbocycles. The number of nitrogens with zero attached hydrogens (tertiary/aromatic N) is 2. The van der Waals surface area contributed by atoms with Crippen LogP contribution in [0.15, 0.2) is 11.2 Å². The number of aromatic nitrogens is 2. The first-order chi connectivity index (χ1) is 7.42. The van der Waals surface area contributed by atoms with E-state index in [0.717, 1.165) is 4.68 Å². The van der Waals surface area contributed by atoms with Gasteiger partial charge in [0.2, 0.25) is 0 Å². The van der Waals surface area contributed by atoms with Crippen LogP contribution in [0.1, 0.15) is 0 Å². The average Bonchev–Trinajstić information content (AvgIpc) is 2.55. The van der Waals surface area contributed by atoms with Crippen LogP contribution in [0.3, 0.4) is 0 Å². The van der Waals surface area contributed by atoms with Crippen molar-refractivity contribution in [1.29, 1.82) is 0 Å². The van der Waals surface area contributed by atoms with Gasteiger partial charge in [-0.05, 0) is 0 Å². The molecule has 3 N–H and O–H groups in total. The Bertz CT molecular complexity index is 435. The van der Waals surface area contributed by atoms with E-state index in [9.17, 15) is 8.42 Å². The van der Waals surface area contributed by atoms with Crippen molar-refractivity contribution >= 4 is 21.6 Å². The van der Waals surface area contributed by atoms with Gasteiger partial charge in [-0.1, -0.05) is 11.6 Å². The molecule has 1 aromatic heterocycles. The minimum absolute atomic E-state index is 0.0235. The van der Waals surface area contributed by atoms with Gasteiger partial charge in [0.15, 0.2) is 5.03 Å². The summed E-state index contributed by atoms with van der Waals surface area (Å²) in [6.45, 7) is -1.02. The molecule has 1 heterocycles. The minimum Gasteiger partial charge on any atom is -0.395 e. The molecule has 7 nitrogen and oxygen atoms in total. The smallest absolute Gasteiger partial charge is 0.259 e. The Morgan fingerprint density at radius 3 is 2.50 bits per heavy atom. The largest absolute Gasteiger partial charge is 0.395 e. The monoisotopic (exact) mass is 269 g/mol. The Morgan fingerprint density at radius 1 is 1.56 bits per heavy atom. The topological polar surface area (TPSA) is 104 Å². The Morgan fingerprint density at radius 2 is 2.12 bits per heavy atom. The van der Waals surface area contributed by atoms with Crippen LogP contribution in [-0.4, -0.2) is 47.7 Å².